The van der Waals surface area contributed by atoms with Gasteiger partial charge in [0, 0.05) is 0 Å². The molecule has 3 amide bonds. The van der Waals surface area contributed by atoms with E-state index < -0.39 is 30.3 Å². The van der Waals surface area contributed by atoms with Gasteiger partial charge in [-0.15, -0.1) is 0 Å². The van der Waals surface area contributed by atoms with Crippen LogP contribution in [0.4, 0.5) is 9.59 Å². The number of carbonyl (C=O) groups is 4. The first-order valence-corrected chi connectivity index (χ1v) is 9.24. The summed E-state index contributed by atoms with van der Waals surface area (Å²) in [5.74, 6) is -0.739. The maximum Gasteiger partial charge on any atom is 0.411 e. The van der Waals surface area contributed by atoms with Gasteiger partial charge in [-0.2, -0.15) is 0 Å². The smallest absolute Gasteiger partial charge is 0.411 e. The number of unbranched alkanes of at least 4 members (excludes halogenated alkanes) is 5. The zero-order valence-corrected chi connectivity index (χ0v) is 16.0. The van der Waals surface area contributed by atoms with Gasteiger partial charge in [-0.25, -0.2) is 9.59 Å². The molecule has 10 nitrogen and oxygen atoms in total. The quantitative estimate of drug-likeness (QED) is 0.139. The Balaban J connectivity index is 3.97. The molecule has 0 saturated carbocycles. The third-order valence-corrected chi connectivity index (χ3v) is 3.96. The molecule has 0 aromatic carbocycles. The molecule has 0 fully saturated rings. The van der Waals surface area contributed by atoms with Crippen LogP contribution in [0.15, 0.2) is 0 Å². The average molecular weight is 388 g/mol. The van der Waals surface area contributed by atoms with Crippen molar-refractivity contribution in [3.63, 3.8) is 0 Å². The third kappa shape index (κ3) is 14.6. The molecule has 156 valence electrons. The van der Waals surface area contributed by atoms with Crippen LogP contribution in [0.5, 0.6) is 0 Å². The van der Waals surface area contributed by atoms with Crippen molar-refractivity contribution in [3.8, 4) is 0 Å². The number of aldehydes is 1. The molecule has 3 atom stereocenters. The molecule has 27 heavy (non-hydrogen) atoms. The second kappa shape index (κ2) is 14.9. The van der Waals surface area contributed by atoms with Gasteiger partial charge in [0.2, 0.25) is 5.91 Å². The van der Waals surface area contributed by atoms with E-state index >= 15 is 0 Å². The SMILES string of the molecule is CC(C=O)NCCCCCCCCC(NC(=O)O)N[C@@H](C)C(=O)NC(=O)O. The monoisotopic (exact) mass is 388 g/mol. The van der Waals surface area contributed by atoms with Gasteiger partial charge in [0.15, 0.2) is 0 Å². The van der Waals surface area contributed by atoms with E-state index in [0.717, 1.165) is 51.4 Å². The van der Waals surface area contributed by atoms with Crippen molar-refractivity contribution in [1.29, 1.82) is 0 Å². The second-order valence-electron chi connectivity index (χ2n) is 6.47. The predicted octanol–water partition coefficient (Wildman–Crippen LogP) is 1.26. The van der Waals surface area contributed by atoms with Crippen molar-refractivity contribution in [2.24, 2.45) is 0 Å². The first-order valence-electron chi connectivity index (χ1n) is 9.24. The molecule has 0 heterocycles. The fraction of sp³-hybridized carbons (Fsp3) is 0.765. The maximum absolute atomic E-state index is 11.6. The Labute approximate surface area is 159 Å². The molecule has 0 spiro atoms. The van der Waals surface area contributed by atoms with E-state index in [-0.39, 0.29) is 6.04 Å². The maximum atomic E-state index is 11.6. The number of amides is 3. The fourth-order valence-electron chi connectivity index (χ4n) is 2.50. The number of hydrogen-bond donors (Lipinski definition) is 6. The lowest BCUT2D eigenvalue weighted by Crippen LogP contribution is -2.53. The average Bonchev–Trinajstić information content (AvgIpc) is 2.58. The van der Waals surface area contributed by atoms with Crippen LogP contribution < -0.4 is 21.3 Å². The lowest BCUT2D eigenvalue weighted by atomic mass is 10.1. The van der Waals surface area contributed by atoms with Crippen molar-refractivity contribution < 1.29 is 29.4 Å². The van der Waals surface area contributed by atoms with Crippen LogP contribution in [0.1, 0.15) is 58.8 Å². The molecule has 0 saturated heterocycles. The number of nitrogens with one attached hydrogen (secondary N) is 4. The summed E-state index contributed by atoms with van der Waals surface area (Å²) in [6.07, 6.45) is 3.89. The van der Waals surface area contributed by atoms with Gasteiger partial charge in [0.05, 0.1) is 18.2 Å². The normalized spacial score (nSPS) is 14.0. The molecule has 2 unspecified atom stereocenters. The van der Waals surface area contributed by atoms with Crippen LogP contribution >= 0.6 is 0 Å². The van der Waals surface area contributed by atoms with Gasteiger partial charge in [0.25, 0.3) is 0 Å². The summed E-state index contributed by atoms with van der Waals surface area (Å²) in [5, 5.41) is 27.3. The summed E-state index contributed by atoms with van der Waals surface area (Å²) in [6, 6.07) is -0.963. The van der Waals surface area contributed by atoms with Crippen molar-refractivity contribution >= 4 is 24.4 Å². The third-order valence-electron chi connectivity index (χ3n) is 3.96. The summed E-state index contributed by atoms with van der Waals surface area (Å²) >= 11 is 0. The zero-order valence-electron chi connectivity index (χ0n) is 16.0. The largest absolute Gasteiger partial charge is 0.465 e. The number of imide groups is 1. The number of rotatable bonds is 15. The lowest BCUT2D eigenvalue weighted by molar-refractivity contribution is -0.122. The summed E-state index contributed by atoms with van der Waals surface area (Å²) < 4.78 is 0. The highest BCUT2D eigenvalue weighted by Crippen LogP contribution is 2.08. The standard InChI is InChI=1S/C17H32N4O6/c1-12(11-22)18-10-8-6-4-3-5-7-9-14(20-16(24)25)19-13(2)15(23)21-17(26)27/h11-14,18-20H,3-10H2,1-2H3,(H,21,23)(H,24,25)(H,26,27)/t12?,13-,14?/m0/s1. The van der Waals surface area contributed by atoms with Crippen molar-refractivity contribution in [3.05, 3.63) is 0 Å². The second-order valence-corrected chi connectivity index (χ2v) is 6.47. The van der Waals surface area contributed by atoms with Gasteiger partial charge in [-0.3, -0.25) is 15.4 Å². The van der Waals surface area contributed by atoms with Gasteiger partial charge >= 0.3 is 12.2 Å². The van der Waals surface area contributed by atoms with E-state index in [1.807, 2.05) is 6.92 Å². The molecule has 0 aliphatic rings. The Hall–Kier alpha value is -2.20. The molecule has 0 radical (unpaired) electrons. The van der Waals surface area contributed by atoms with Crippen LogP contribution in [0, 0.1) is 0 Å². The fourth-order valence-corrected chi connectivity index (χ4v) is 2.50. The summed E-state index contributed by atoms with van der Waals surface area (Å²) in [5.41, 5.74) is 0. The van der Waals surface area contributed by atoms with E-state index in [1.165, 1.54) is 6.92 Å². The highest BCUT2D eigenvalue weighted by Gasteiger charge is 2.20. The van der Waals surface area contributed by atoms with Crippen LogP contribution in [0.3, 0.4) is 0 Å². The number of carbonyl (C=O) groups excluding carboxylic acids is 2. The minimum absolute atomic E-state index is 0.115. The van der Waals surface area contributed by atoms with E-state index in [0.29, 0.717) is 6.42 Å². The molecule has 0 aliphatic carbocycles. The molecule has 0 rings (SSSR count). The van der Waals surface area contributed by atoms with E-state index in [1.54, 1.807) is 5.32 Å². The lowest BCUT2D eigenvalue weighted by Gasteiger charge is -2.22. The van der Waals surface area contributed by atoms with Gasteiger partial charge < -0.3 is 25.6 Å². The highest BCUT2D eigenvalue weighted by atomic mass is 16.4. The van der Waals surface area contributed by atoms with Crippen LogP contribution in [-0.2, 0) is 9.59 Å². The van der Waals surface area contributed by atoms with E-state index in [2.05, 4.69) is 16.0 Å². The Morgan fingerprint density at radius 2 is 1.52 bits per heavy atom. The van der Waals surface area contributed by atoms with Crippen LogP contribution in [0.25, 0.3) is 0 Å². The number of carboxylic acid groups (broad SMARTS) is 2. The van der Waals surface area contributed by atoms with E-state index in [4.69, 9.17) is 10.2 Å². The molecule has 0 bridgehead atoms. The molecule has 0 aromatic rings. The minimum Gasteiger partial charge on any atom is -0.465 e. The van der Waals surface area contributed by atoms with Crippen LogP contribution in [0.2, 0.25) is 0 Å². The highest BCUT2D eigenvalue weighted by molar-refractivity contribution is 5.93. The minimum atomic E-state index is -1.45. The zero-order chi connectivity index (χ0) is 20.7. The van der Waals surface area contributed by atoms with Crippen molar-refractivity contribution in [1.82, 2.24) is 21.3 Å². The van der Waals surface area contributed by atoms with Gasteiger partial charge in [-0.1, -0.05) is 32.1 Å². The molecule has 0 aliphatic heterocycles. The summed E-state index contributed by atoms with van der Waals surface area (Å²) in [6.45, 7) is 4.09. The molecule has 10 heteroatoms. The molecular weight excluding hydrogens is 356 g/mol. The Morgan fingerprint density at radius 1 is 0.926 bits per heavy atom. The van der Waals surface area contributed by atoms with Crippen LogP contribution in [-0.4, -0.2) is 59.4 Å². The van der Waals surface area contributed by atoms with Crippen molar-refractivity contribution in [2.75, 3.05) is 6.54 Å². The predicted molar refractivity (Wildman–Crippen MR) is 99.6 cm³/mol. The van der Waals surface area contributed by atoms with Gasteiger partial charge in [0.1, 0.15) is 6.29 Å². The van der Waals surface area contributed by atoms with Gasteiger partial charge in [-0.05, 0) is 33.2 Å². The molecular formula is C17H32N4O6. The van der Waals surface area contributed by atoms with E-state index in [9.17, 15) is 19.2 Å². The topological polar surface area (TPSA) is 157 Å². The first kappa shape index (κ1) is 24.8. The summed E-state index contributed by atoms with van der Waals surface area (Å²) in [7, 11) is 0. The van der Waals surface area contributed by atoms with Crippen molar-refractivity contribution in [2.45, 2.75) is 77.0 Å². The first-order chi connectivity index (χ1) is 12.8. The summed E-state index contributed by atoms with van der Waals surface area (Å²) in [4.78, 5) is 43.4. The number of hydrogen-bond acceptors (Lipinski definition) is 6. The Kier molecular flexibility index (Phi) is 13.7. The Bertz CT molecular complexity index is 474. The Morgan fingerprint density at radius 3 is 2.07 bits per heavy atom. The molecule has 6 N–H and O–H groups in total. The molecule has 0 aromatic heterocycles.